The standard InChI is InChI=1S/C16H21Cl2NO/c17-13-8-9-15(18)14(10-13)16(20)19-11-12-6-4-2-1-3-5-7-12/h8-10,12H,1-7,11H2,(H,19,20). The van der Waals surface area contributed by atoms with Gasteiger partial charge in [-0.15, -0.1) is 0 Å². The summed E-state index contributed by atoms with van der Waals surface area (Å²) >= 11 is 12.0. The van der Waals surface area contributed by atoms with Crippen molar-refractivity contribution in [2.45, 2.75) is 44.9 Å². The van der Waals surface area contributed by atoms with Gasteiger partial charge in [0.25, 0.3) is 5.91 Å². The fourth-order valence-electron chi connectivity index (χ4n) is 2.75. The van der Waals surface area contributed by atoms with Gasteiger partial charge in [0.1, 0.15) is 0 Å². The molecule has 1 aromatic rings. The summed E-state index contributed by atoms with van der Waals surface area (Å²) in [5, 5.41) is 3.98. The molecule has 1 amide bonds. The van der Waals surface area contributed by atoms with Crippen LogP contribution in [-0.2, 0) is 0 Å². The number of amides is 1. The summed E-state index contributed by atoms with van der Waals surface area (Å²) in [4.78, 5) is 12.2. The first-order valence-corrected chi connectivity index (χ1v) is 8.15. The molecule has 0 saturated heterocycles. The quantitative estimate of drug-likeness (QED) is 0.828. The van der Waals surface area contributed by atoms with E-state index in [1.54, 1.807) is 18.2 Å². The van der Waals surface area contributed by atoms with Crippen LogP contribution in [0, 0.1) is 5.92 Å². The van der Waals surface area contributed by atoms with Crippen LogP contribution in [0.2, 0.25) is 10.0 Å². The first-order valence-electron chi connectivity index (χ1n) is 7.40. The van der Waals surface area contributed by atoms with Crippen molar-refractivity contribution in [3.8, 4) is 0 Å². The summed E-state index contributed by atoms with van der Waals surface area (Å²) in [6.07, 6.45) is 8.98. The van der Waals surface area contributed by atoms with Crippen molar-refractivity contribution in [3.05, 3.63) is 33.8 Å². The zero-order chi connectivity index (χ0) is 14.4. The van der Waals surface area contributed by atoms with E-state index in [4.69, 9.17) is 23.2 Å². The van der Waals surface area contributed by atoms with Crippen LogP contribution in [0.4, 0.5) is 0 Å². The molecule has 1 fully saturated rings. The fourth-order valence-corrected chi connectivity index (χ4v) is 3.12. The largest absolute Gasteiger partial charge is 0.352 e. The number of benzene rings is 1. The fraction of sp³-hybridized carbons (Fsp3) is 0.562. The molecule has 2 rings (SSSR count). The van der Waals surface area contributed by atoms with Crippen LogP contribution >= 0.6 is 23.2 Å². The molecule has 0 atom stereocenters. The third-order valence-corrected chi connectivity index (χ3v) is 4.51. The van der Waals surface area contributed by atoms with Gasteiger partial charge in [0, 0.05) is 11.6 Å². The molecule has 4 heteroatoms. The zero-order valence-corrected chi connectivity index (χ0v) is 13.1. The maximum Gasteiger partial charge on any atom is 0.252 e. The molecule has 1 aliphatic carbocycles. The molecule has 0 spiro atoms. The molecular weight excluding hydrogens is 293 g/mol. The molecule has 1 saturated carbocycles. The molecule has 0 aromatic heterocycles. The van der Waals surface area contributed by atoms with Gasteiger partial charge in [-0.1, -0.05) is 55.3 Å². The minimum atomic E-state index is -0.125. The highest BCUT2D eigenvalue weighted by Crippen LogP contribution is 2.23. The van der Waals surface area contributed by atoms with Crippen molar-refractivity contribution in [2.75, 3.05) is 6.54 Å². The summed E-state index contributed by atoms with van der Waals surface area (Å²) in [6.45, 7) is 0.738. The van der Waals surface area contributed by atoms with Crippen molar-refractivity contribution >= 4 is 29.1 Å². The highest BCUT2D eigenvalue weighted by atomic mass is 35.5. The van der Waals surface area contributed by atoms with Crippen LogP contribution < -0.4 is 5.32 Å². The second-order valence-corrected chi connectivity index (χ2v) is 6.39. The second-order valence-electron chi connectivity index (χ2n) is 5.55. The average molecular weight is 314 g/mol. The Labute approximate surface area is 130 Å². The predicted octanol–water partition coefficient (Wildman–Crippen LogP) is 5.08. The van der Waals surface area contributed by atoms with Crippen molar-refractivity contribution in [3.63, 3.8) is 0 Å². The summed E-state index contributed by atoms with van der Waals surface area (Å²) < 4.78 is 0. The third-order valence-electron chi connectivity index (χ3n) is 3.95. The molecule has 110 valence electrons. The number of hydrogen-bond donors (Lipinski definition) is 1. The van der Waals surface area contributed by atoms with Gasteiger partial charge in [0.05, 0.1) is 10.6 Å². The van der Waals surface area contributed by atoms with Gasteiger partial charge < -0.3 is 5.32 Å². The van der Waals surface area contributed by atoms with Crippen LogP contribution in [0.15, 0.2) is 18.2 Å². The Bertz CT molecular complexity index is 454. The highest BCUT2D eigenvalue weighted by Gasteiger charge is 2.15. The van der Waals surface area contributed by atoms with E-state index in [1.807, 2.05) is 0 Å². The Balaban J connectivity index is 1.89. The minimum Gasteiger partial charge on any atom is -0.352 e. The van der Waals surface area contributed by atoms with Crippen molar-refractivity contribution < 1.29 is 4.79 Å². The molecule has 0 bridgehead atoms. The molecule has 0 radical (unpaired) electrons. The zero-order valence-electron chi connectivity index (χ0n) is 11.6. The van der Waals surface area contributed by atoms with Gasteiger partial charge in [-0.3, -0.25) is 4.79 Å². The first-order chi connectivity index (χ1) is 9.66. The topological polar surface area (TPSA) is 29.1 Å². The van der Waals surface area contributed by atoms with E-state index in [0.29, 0.717) is 21.5 Å². The summed E-state index contributed by atoms with van der Waals surface area (Å²) in [5.74, 6) is 0.469. The van der Waals surface area contributed by atoms with Crippen molar-refractivity contribution in [1.29, 1.82) is 0 Å². The molecule has 20 heavy (non-hydrogen) atoms. The van der Waals surface area contributed by atoms with Gasteiger partial charge >= 0.3 is 0 Å². The van der Waals surface area contributed by atoms with Crippen LogP contribution in [0.25, 0.3) is 0 Å². The summed E-state index contributed by atoms with van der Waals surface area (Å²) in [5.41, 5.74) is 0.463. The molecular formula is C16H21Cl2NO. The number of hydrogen-bond acceptors (Lipinski definition) is 1. The van der Waals surface area contributed by atoms with Crippen molar-refractivity contribution in [2.24, 2.45) is 5.92 Å². The SMILES string of the molecule is O=C(NCC1CCCCCCC1)c1cc(Cl)ccc1Cl. The van der Waals surface area contributed by atoms with Gasteiger partial charge in [0.15, 0.2) is 0 Å². The van der Waals surface area contributed by atoms with E-state index in [0.717, 1.165) is 6.54 Å². The summed E-state index contributed by atoms with van der Waals surface area (Å²) in [7, 11) is 0. The number of halogens is 2. The lowest BCUT2D eigenvalue weighted by molar-refractivity contribution is 0.0945. The average Bonchev–Trinajstić information content (AvgIpc) is 2.40. The smallest absolute Gasteiger partial charge is 0.252 e. The lowest BCUT2D eigenvalue weighted by Gasteiger charge is -2.20. The van der Waals surface area contributed by atoms with E-state index in [1.165, 1.54) is 44.9 Å². The molecule has 0 heterocycles. The van der Waals surface area contributed by atoms with Gasteiger partial charge in [-0.05, 0) is 37.0 Å². The maximum atomic E-state index is 12.2. The molecule has 0 unspecified atom stereocenters. The van der Waals surface area contributed by atoms with Crippen LogP contribution in [0.5, 0.6) is 0 Å². The Kier molecular flexibility index (Phi) is 6.18. The number of carbonyl (C=O) groups excluding carboxylic acids is 1. The van der Waals surface area contributed by atoms with E-state index >= 15 is 0 Å². The third kappa shape index (κ3) is 4.68. The number of nitrogens with one attached hydrogen (secondary N) is 1. The Morgan fingerprint density at radius 2 is 1.75 bits per heavy atom. The summed E-state index contributed by atoms with van der Waals surface area (Å²) in [6, 6.07) is 4.97. The highest BCUT2D eigenvalue weighted by molar-refractivity contribution is 6.35. The normalized spacial score (nSPS) is 17.3. The van der Waals surface area contributed by atoms with Gasteiger partial charge in [-0.25, -0.2) is 0 Å². The van der Waals surface area contributed by atoms with Gasteiger partial charge in [-0.2, -0.15) is 0 Å². The lowest BCUT2D eigenvalue weighted by Crippen LogP contribution is -2.29. The Morgan fingerprint density at radius 3 is 2.45 bits per heavy atom. The predicted molar refractivity (Wildman–Crippen MR) is 84.6 cm³/mol. The number of carbonyl (C=O) groups is 1. The van der Waals surface area contributed by atoms with Crippen LogP contribution in [0.3, 0.4) is 0 Å². The molecule has 0 aliphatic heterocycles. The molecule has 1 N–H and O–H groups in total. The van der Waals surface area contributed by atoms with Crippen LogP contribution in [-0.4, -0.2) is 12.5 Å². The Morgan fingerprint density at radius 1 is 1.10 bits per heavy atom. The van der Waals surface area contributed by atoms with E-state index < -0.39 is 0 Å². The van der Waals surface area contributed by atoms with E-state index in [-0.39, 0.29) is 5.91 Å². The molecule has 1 aliphatic rings. The molecule has 2 nitrogen and oxygen atoms in total. The molecule has 1 aromatic carbocycles. The Hall–Kier alpha value is -0.730. The minimum absolute atomic E-state index is 0.125. The lowest BCUT2D eigenvalue weighted by atomic mass is 9.91. The van der Waals surface area contributed by atoms with Crippen LogP contribution in [0.1, 0.15) is 55.3 Å². The van der Waals surface area contributed by atoms with Crippen molar-refractivity contribution in [1.82, 2.24) is 5.32 Å². The number of rotatable bonds is 3. The maximum absolute atomic E-state index is 12.2. The first kappa shape index (κ1) is 15.7. The van der Waals surface area contributed by atoms with Gasteiger partial charge in [0.2, 0.25) is 0 Å². The van der Waals surface area contributed by atoms with E-state index in [2.05, 4.69) is 5.32 Å². The second kappa shape index (κ2) is 7.90. The van der Waals surface area contributed by atoms with E-state index in [9.17, 15) is 4.79 Å². The monoisotopic (exact) mass is 313 g/mol.